The largest absolute Gasteiger partial charge is 0.398 e. The highest BCUT2D eigenvalue weighted by Gasteiger charge is 2.09. The number of anilines is 1. The Morgan fingerprint density at radius 1 is 1.57 bits per heavy atom. The minimum Gasteiger partial charge on any atom is -0.398 e. The number of nitrogen functional groups attached to an aromatic ring is 1. The van der Waals surface area contributed by atoms with Crippen LogP contribution in [0.2, 0.25) is 0 Å². The molecule has 4 N–H and O–H groups in total. The molecule has 0 radical (unpaired) electrons. The Hall–Kier alpha value is -2.22. The normalized spacial score (nSPS) is 8.86. The van der Waals surface area contributed by atoms with Crippen molar-refractivity contribution in [1.82, 2.24) is 10.9 Å². The maximum atomic E-state index is 11.4. The lowest BCUT2D eigenvalue weighted by Crippen LogP contribution is -2.34. The van der Waals surface area contributed by atoms with E-state index in [1.807, 2.05) is 18.4 Å². The molecule has 0 saturated carbocycles. The molecular weight excluding hydrogens is 180 g/mol. The predicted octanol–water partition coefficient (Wildman–Crippen LogP) is 0.293. The van der Waals surface area contributed by atoms with Crippen molar-refractivity contribution < 1.29 is 4.79 Å². The average Bonchev–Trinajstić information content (AvgIpc) is 2.18. The quantitative estimate of drug-likeness (QED) is 0.270. The maximum Gasteiger partial charge on any atom is 0.272 e. The molecule has 14 heavy (non-hydrogen) atoms. The van der Waals surface area contributed by atoms with E-state index in [0.29, 0.717) is 11.3 Å². The van der Waals surface area contributed by atoms with E-state index in [4.69, 9.17) is 11.0 Å². The van der Waals surface area contributed by atoms with Gasteiger partial charge in [-0.15, -0.1) is 0 Å². The first-order valence-electron chi connectivity index (χ1n) is 3.96. The molecule has 0 atom stereocenters. The molecule has 0 aliphatic carbocycles. The SMILES string of the molecule is Cc1cccc(C(=O)NNC#N)c1N. The number of hydrogen-bond acceptors (Lipinski definition) is 4. The fourth-order valence-corrected chi connectivity index (χ4v) is 1.03. The molecule has 1 aromatic rings. The summed E-state index contributed by atoms with van der Waals surface area (Å²) >= 11 is 0. The van der Waals surface area contributed by atoms with Crippen molar-refractivity contribution in [3.05, 3.63) is 29.3 Å². The molecule has 0 spiro atoms. The number of carbonyl (C=O) groups excluding carboxylic acids is 1. The molecule has 0 unspecified atom stereocenters. The van der Waals surface area contributed by atoms with Gasteiger partial charge in [0.05, 0.1) is 5.56 Å². The topological polar surface area (TPSA) is 90.9 Å². The zero-order chi connectivity index (χ0) is 10.6. The number of carbonyl (C=O) groups is 1. The number of hydrazine groups is 1. The van der Waals surface area contributed by atoms with Crippen LogP contribution in [0, 0.1) is 18.4 Å². The summed E-state index contributed by atoms with van der Waals surface area (Å²) in [6, 6.07) is 5.13. The van der Waals surface area contributed by atoms with Crippen LogP contribution >= 0.6 is 0 Å². The highest BCUT2D eigenvalue weighted by atomic mass is 16.2. The summed E-state index contributed by atoms with van der Waals surface area (Å²) in [6.07, 6.45) is 1.58. The van der Waals surface area contributed by atoms with Gasteiger partial charge >= 0.3 is 0 Å². The van der Waals surface area contributed by atoms with Gasteiger partial charge in [-0.25, -0.2) is 5.43 Å². The van der Waals surface area contributed by atoms with E-state index >= 15 is 0 Å². The number of rotatable bonds is 2. The minimum atomic E-state index is -0.423. The molecule has 0 saturated heterocycles. The number of hydrogen-bond donors (Lipinski definition) is 3. The number of aryl methyl sites for hydroxylation is 1. The van der Waals surface area contributed by atoms with Gasteiger partial charge in [0.25, 0.3) is 5.91 Å². The number of nitrogens with two attached hydrogens (primary N) is 1. The first-order chi connectivity index (χ1) is 6.66. The third-order valence-corrected chi connectivity index (χ3v) is 1.80. The first-order valence-corrected chi connectivity index (χ1v) is 3.96. The Kier molecular flexibility index (Phi) is 2.92. The highest BCUT2D eigenvalue weighted by Crippen LogP contribution is 2.15. The highest BCUT2D eigenvalue weighted by molar-refractivity contribution is 5.99. The van der Waals surface area contributed by atoms with Crippen LogP contribution in [-0.2, 0) is 0 Å². The average molecular weight is 190 g/mol. The van der Waals surface area contributed by atoms with E-state index in [1.54, 1.807) is 18.3 Å². The molecule has 0 heterocycles. The molecule has 0 bridgehead atoms. The van der Waals surface area contributed by atoms with Gasteiger partial charge in [0, 0.05) is 5.69 Å². The second kappa shape index (κ2) is 4.14. The van der Waals surface area contributed by atoms with E-state index in [9.17, 15) is 4.79 Å². The summed E-state index contributed by atoms with van der Waals surface area (Å²) < 4.78 is 0. The molecule has 0 aromatic heterocycles. The zero-order valence-electron chi connectivity index (χ0n) is 7.66. The predicted molar refractivity (Wildman–Crippen MR) is 51.8 cm³/mol. The van der Waals surface area contributed by atoms with Crippen LogP contribution in [0.1, 0.15) is 15.9 Å². The molecule has 1 aromatic carbocycles. The number of para-hydroxylation sites is 1. The summed E-state index contributed by atoms with van der Waals surface area (Å²) in [5, 5.41) is 8.18. The molecule has 0 aliphatic heterocycles. The summed E-state index contributed by atoms with van der Waals surface area (Å²) in [7, 11) is 0. The number of benzene rings is 1. The van der Waals surface area contributed by atoms with E-state index in [1.165, 1.54) is 0 Å². The van der Waals surface area contributed by atoms with E-state index in [0.717, 1.165) is 5.56 Å². The summed E-state index contributed by atoms with van der Waals surface area (Å²) in [6.45, 7) is 1.81. The van der Waals surface area contributed by atoms with Crippen LogP contribution in [0.5, 0.6) is 0 Å². The second-order valence-electron chi connectivity index (χ2n) is 2.73. The van der Waals surface area contributed by atoms with Crippen LogP contribution < -0.4 is 16.6 Å². The lowest BCUT2D eigenvalue weighted by atomic mass is 10.1. The molecule has 5 nitrogen and oxygen atoms in total. The van der Waals surface area contributed by atoms with Gasteiger partial charge in [0.1, 0.15) is 0 Å². The lowest BCUT2D eigenvalue weighted by molar-refractivity contribution is 0.0943. The summed E-state index contributed by atoms with van der Waals surface area (Å²) in [5.74, 6) is -0.423. The van der Waals surface area contributed by atoms with Gasteiger partial charge in [-0.05, 0) is 18.6 Å². The first kappa shape index (κ1) is 9.86. The van der Waals surface area contributed by atoms with E-state index < -0.39 is 5.91 Å². The van der Waals surface area contributed by atoms with Gasteiger partial charge in [0.15, 0.2) is 6.19 Å². The monoisotopic (exact) mass is 190 g/mol. The Morgan fingerprint density at radius 3 is 2.93 bits per heavy atom. The number of nitriles is 1. The zero-order valence-corrected chi connectivity index (χ0v) is 7.66. The van der Waals surface area contributed by atoms with Gasteiger partial charge in [-0.1, -0.05) is 12.1 Å². The number of nitrogens with zero attached hydrogens (tertiary/aromatic N) is 1. The molecule has 72 valence electrons. The third-order valence-electron chi connectivity index (χ3n) is 1.80. The number of amides is 1. The van der Waals surface area contributed by atoms with E-state index in [2.05, 4.69) is 5.43 Å². The fraction of sp³-hybridized carbons (Fsp3) is 0.111. The van der Waals surface area contributed by atoms with Crippen molar-refractivity contribution in [2.75, 3.05) is 5.73 Å². The van der Waals surface area contributed by atoms with Crippen LogP contribution in [0.15, 0.2) is 18.2 Å². The van der Waals surface area contributed by atoms with Gasteiger partial charge in [-0.2, -0.15) is 5.26 Å². The van der Waals surface area contributed by atoms with Crippen LogP contribution in [0.4, 0.5) is 5.69 Å². The Labute approximate surface area is 81.5 Å². The molecule has 1 rings (SSSR count). The van der Waals surface area contributed by atoms with Crippen molar-refractivity contribution in [1.29, 1.82) is 5.26 Å². The van der Waals surface area contributed by atoms with Crippen molar-refractivity contribution >= 4 is 11.6 Å². The molecular formula is C9H10N4O. The smallest absolute Gasteiger partial charge is 0.272 e. The van der Waals surface area contributed by atoms with E-state index in [-0.39, 0.29) is 0 Å². The Bertz CT molecular complexity index is 394. The fourth-order valence-electron chi connectivity index (χ4n) is 1.03. The second-order valence-corrected chi connectivity index (χ2v) is 2.73. The van der Waals surface area contributed by atoms with Crippen molar-refractivity contribution in [3.8, 4) is 6.19 Å². The molecule has 0 fully saturated rings. The molecule has 0 aliphatic rings. The standard InChI is InChI=1S/C9H10N4O/c1-6-3-2-4-7(8(6)11)9(14)13-12-5-10/h2-4,12H,11H2,1H3,(H,13,14). The minimum absolute atomic E-state index is 0.354. The van der Waals surface area contributed by atoms with Crippen LogP contribution in [0.25, 0.3) is 0 Å². The number of nitrogens with one attached hydrogen (secondary N) is 2. The van der Waals surface area contributed by atoms with Crippen molar-refractivity contribution in [2.45, 2.75) is 6.92 Å². The van der Waals surface area contributed by atoms with Crippen molar-refractivity contribution in [3.63, 3.8) is 0 Å². The lowest BCUT2D eigenvalue weighted by Gasteiger charge is -2.07. The summed E-state index contributed by atoms with van der Waals surface area (Å²) in [5.41, 5.74) is 11.5. The van der Waals surface area contributed by atoms with Crippen LogP contribution in [0.3, 0.4) is 0 Å². The Morgan fingerprint density at radius 2 is 2.29 bits per heavy atom. The maximum absolute atomic E-state index is 11.4. The van der Waals surface area contributed by atoms with Gasteiger partial charge in [-0.3, -0.25) is 10.2 Å². The Balaban J connectivity index is 2.91. The van der Waals surface area contributed by atoms with Crippen molar-refractivity contribution in [2.24, 2.45) is 0 Å². The third kappa shape index (κ3) is 1.93. The molecule has 5 heteroatoms. The summed E-state index contributed by atoms with van der Waals surface area (Å²) in [4.78, 5) is 11.4. The molecule has 1 amide bonds. The van der Waals surface area contributed by atoms with Gasteiger partial charge < -0.3 is 5.73 Å². The van der Waals surface area contributed by atoms with Crippen LogP contribution in [-0.4, -0.2) is 5.91 Å². The van der Waals surface area contributed by atoms with Gasteiger partial charge in [0.2, 0.25) is 0 Å².